The Morgan fingerprint density at radius 1 is 1.20 bits per heavy atom. The fourth-order valence-electron chi connectivity index (χ4n) is 3.47. The summed E-state index contributed by atoms with van der Waals surface area (Å²) in [7, 11) is -3.27. The van der Waals surface area contributed by atoms with Crippen molar-refractivity contribution in [2.45, 2.75) is 17.4 Å². The first kappa shape index (κ1) is 22.4. The molecule has 0 spiro atoms. The maximum atomic E-state index is 11.6. The minimum atomic E-state index is -3.27. The zero-order valence-electron chi connectivity index (χ0n) is 16.7. The number of sulfone groups is 1. The Kier molecular flexibility index (Phi) is 7.23. The van der Waals surface area contributed by atoms with E-state index in [1.807, 2.05) is 24.3 Å². The fraction of sp³-hybridized carbons (Fsp3) is 0.381. The Labute approximate surface area is 181 Å². The fourth-order valence-corrected chi connectivity index (χ4v) is 4.32. The van der Waals surface area contributed by atoms with Gasteiger partial charge in [0.05, 0.1) is 10.9 Å². The van der Waals surface area contributed by atoms with Crippen LogP contribution < -0.4 is 4.74 Å². The zero-order chi connectivity index (χ0) is 21.7. The smallest absolute Gasteiger partial charge is 0.407 e. The maximum absolute atomic E-state index is 11.6. The van der Waals surface area contributed by atoms with Gasteiger partial charge in [0.15, 0.2) is 9.84 Å². The monoisotopic (exact) mass is 452 g/mol. The van der Waals surface area contributed by atoms with Crippen LogP contribution >= 0.6 is 11.6 Å². The van der Waals surface area contributed by atoms with E-state index in [1.165, 1.54) is 17.0 Å². The highest BCUT2D eigenvalue weighted by molar-refractivity contribution is 7.90. The van der Waals surface area contributed by atoms with Gasteiger partial charge in [-0.15, -0.1) is 0 Å². The highest BCUT2D eigenvalue weighted by Gasteiger charge is 2.30. The van der Waals surface area contributed by atoms with Gasteiger partial charge in [0.25, 0.3) is 0 Å². The van der Waals surface area contributed by atoms with Gasteiger partial charge >= 0.3 is 6.09 Å². The summed E-state index contributed by atoms with van der Waals surface area (Å²) in [5.41, 5.74) is 1.14. The van der Waals surface area contributed by atoms with Crippen molar-refractivity contribution in [3.8, 4) is 5.75 Å². The first-order valence-electron chi connectivity index (χ1n) is 9.61. The molecule has 1 fully saturated rings. The number of piperazine rings is 1. The predicted molar refractivity (Wildman–Crippen MR) is 115 cm³/mol. The third-order valence-corrected chi connectivity index (χ3v) is 6.48. The number of ether oxygens (including phenoxy) is 1. The molecule has 0 aromatic heterocycles. The van der Waals surface area contributed by atoms with Crippen molar-refractivity contribution >= 4 is 27.5 Å². The zero-order valence-corrected chi connectivity index (χ0v) is 18.3. The second kappa shape index (κ2) is 9.68. The number of benzene rings is 2. The Morgan fingerprint density at radius 2 is 1.93 bits per heavy atom. The first-order valence-corrected chi connectivity index (χ1v) is 11.9. The van der Waals surface area contributed by atoms with E-state index in [0.717, 1.165) is 24.8 Å². The summed E-state index contributed by atoms with van der Waals surface area (Å²) in [5.74, 6) is 0.504. The van der Waals surface area contributed by atoms with Gasteiger partial charge in [0, 0.05) is 37.5 Å². The lowest BCUT2D eigenvalue weighted by molar-refractivity contribution is 0.0469. The number of carbonyl (C=O) groups is 1. The van der Waals surface area contributed by atoms with Gasteiger partial charge in [-0.05, 0) is 48.4 Å². The molecule has 1 aliphatic rings. The maximum Gasteiger partial charge on any atom is 0.407 e. The minimum absolute atomic E-state index is 0.193. The highest BCUT2D eigenvalue weighted by Crippen LogP contribution is 2.18. The predicted octanol–water partition coefficient (Wildman–Crippen LogP) is 3.03. The summed E-state index contributed by atoms with van der Waals surface area (Å²) in [6.45, 7) is 2.62. The molecule has 2 aromatic rings. The molecule has 7 nitrogen and oxygen atoms in total. The molecule has 1 unspecified atom stereocenters. The second-order valence-electron chi connectivity index (χ2n) is 7.36. The van der Waals surface area contributed by atoms with Gasteiger partial charge in [-0.3, -0.25) is 9.80 Å². The standard InChI is InChI=1S/C21H25ClN2O5S/c1-30(27,28)20-7-5-19(6-8-20)29-15-18-14-23(11-12-24(18)21(25)26)10-9-16-3-2-4-17(22)13-16/h2-8,13,18H,9-12,14-15H2,1H3,(H,25,26). The van der Waals surface area contributed by atoms with E-state index in [0.29, 0.717) is 30.4 Å². The average molecular weight is 453 g/mol. The molecule has 1 aliphatic heterocycles. The summed E-state index contributed by atoms with van der Waals surface area (Å²) in [5, 5.41) is 10.2. The largest absolute Gasteiger partial charge is 0.491 e. The molecule has 30 heavy (non-hydrogen) atoms. The van der Waals surface area contributed by atoms with E-state index in [-0.39, 0.29) is 17.5 Å². The van der Waals surface area contributed by atoms with Crippen LogP contribution in [0.4, 0.5) is 4.79 Å². The number of nitrogens with zero attached hydrogens (tertiary/aromatic N) is 2. The number of halogens is 1. The number of hydrogen-bond acceptors (Lipinski definition) is 5. The van der Waals surface area contributed by atoms with Gasteiger partial charge in [-0.2, -0.15) is 0 Å². The molecule has 0 bridgehead atoms. The molecular weight excluding hydrogens is 428 g/mol. The molecule has 1 amide bonds. The molecule has 0 aliphatic carbocycles. The molecule has 0 radical (unpaired) electrons. The van der Waals surface area contributed by atoms with Gasteiger partial charge in [0.2, 0.25) is 0 Å². The molecule has 1 N–H and O–H groups in total. The lowest BCUT2D eigenvalue weighted by Gasteiger charge is -2.39. The van der Waals surface area contributed by atoms with E-state index in [9.17, 15) is 18.3 Å². The van der Waals surface area contributed by atoms with Crippen molar-refractivity contribution in [2.75, 3.05) is 39.0 Å². The molecule has 1 heterocycles. The molecule has 0 saturated carbocycles. The average Bonchev–Trinajstić information content (AvgIpc) is 2.70. The molecule has 2 aromatic carbocycles. The second-order valence-corrected chi connectivity index (χ2v) is 9.82. The van der Waals surface area contributed by atoms with Crippen molar-refractivity contribution < 1.29 is 23.1 Å². The Hall–Kier alpha value is -2.29. The quantitative estimate of drug-likeness (QED) is 0.694. The minimum Gasteiger partial charge on any atom is -0.491 e. The van der Waals surface area contributed by atoms with E-state index in [4.69, 9.17) is 16.3 Å². The molecule has 1 atom stereocenters. The summed E-state index contributed by atoms with van der Waals surface area (Å²) in [6.07, 6.45) is 1.01. The van der Waals surface area contributed by atoms with Crippen LogP contribution in [0.2, 0.25) is 5.02 Å². The van der Waals surface area contributed by atoms with Gasteiger partial charge < -0.3 is 9.84 Å². The summed E-state index contributed by atoms with van der Waals surface area (Å²) < 4.78 is 28.9. The number of hydrogen-bond donors (Lipinski definition) is 1. The van der Waals surface area contributed by atoms with Crippen LogP contribution in [0.15, 0.2) is 53.4 Å². The van der Waals surface area contributed by atoms with Crippen molar-refractivity contribution in [3.63, 3.8) is 0 Å². The first-order chi connectivity index (χ1) is 14.2. The lowest BCUT2D eigenvalue weighted by atomic mass is 10.1. The van der Waals surface area contributed by atoms with Crippen LogP contribution in [0.1, 0.15) is 5.56 Å². The van der Waals surface area contributed by atoms with Crippen LogP contribution in [0.3, 0.4) is 0 Å². The molecule has 9 heteroatoms. The van der Waals surface area contributed by atoms with Crippen molar-refractivity contribution in [1.82, 2.24) is 9.80 Å². The lowest BCUT2D eigenvalue weighted by Crippen LogP contribution is -2.57. The van der Waals surface area contributed by atoms with Crippen molar-refractivity contribution in [1.29, 1.82) is 0 Å². The van der Waals surface area contributed by atoms with Crippen LogP contribution in [-0.2, 0) is 16.3 Å². The summed E-state index contributed by atoms with van der Waals surface area (Å²) in [6, 6.07) is 13.6. The SMILES string of the molecule is CS(=O)(=O)c1ccc(OCC2CN(CCc3cccc(Cl)c3)CCN2C(=O)O)cc1. The topological polar surface area (TPSA) is 87.2 Å². The third kappa shape index (κ3) is 6.10. The number of rotatable bonds is 7. The number of amides is 1. The van der Waals surface area contributed by atoms with Gasteiger partial charge in [0.1, 0.15) is 12.4 Å². The van der Waals surface area contributed by atoms with E-state index in [1.54, 1.807) is 12.1 Å². The molecular formula is C21H25ClN2O5S. The van der Waals surface area contributed by atoms with E-state index >= 15 is 0 Å². The van der Waals surface area contributed by atoms with Crippen molar-refractivity contribution in [3.05, 3.63) is 59.1 Å². The molecule has 1 saturated heterocycles. The molecule has 162 valence electrons. The Balaban J connectivity index is 1.59. The highest BCUT2D eigenvalue weighted by atomic mass is 35.5. The summed E-state index contributed by atoms with van der Waals surface area (Å²) >= 11 is 6.04. The normalized spacial score (nSPS) is 17.7. The van der Waals surface area contributed by atoms with Crippen molar-refractivity contribution in [2.24, 2.45) is 0 Å². The third-order valence-electron chi connectivity index (χ3n) is 5.11. The van der Waals surface area contributed by atoms with Crippen LogP contribution in [0.5, 0.6) is 5.75 Å². The Bertz CT molecular complexity index is 981. The van der Waals surface area contributed by atoms with Gasteiger partial charge in [-0.1, -0.05) is 23.7 Å². The van der Waals surface area contributed by atoms with E-state index in [2.05, 4.69) is 4.90 Å². The summed E-state index contributed by atoms with van der Waals surface area (Å²) in [4.78, 5) is 15.5. The molecule has 3 rings (SSSR count). The van der Waals surface area contributed by atoms with Crippen LogP contribution in [-0.4, -0.2) is 74.5 Å². The van der Waals surface area contributed by atoms with E-state index < -0.39 is 15.9 Å². The van der Waals surface area contributed by atoms with Crippen LogP contribution in [0.25, 0.3) is 0 Å². The van der Waals surface area contributed by atoms with Gasteiger partial charge in [-0.25, -0.2) is 13.2 Å². The Morgan fingerprint density at radius 3 is 2.57 bits per heavy atom. The van der Waals surface area contributed by atoms with Crippen LogP contribution in [0, 0.1) is 0 Å². The number of carboxylic acid groups (broad SMARTS) is 1.